The summed E-state index contributed by atoms with van der Waals surface area (Å²) in [5, 5.41) is 7.19. The van der Waals surface area contributed by atoms with Gasteiger partial charge in [-0.1, -0.05) is 32.0 Å². The predicted molar refractivity (Wildman–Crippen MR) is 117 cm³/mol. The van der Waals surface area contributed by atoms with Crippen LogP contribution in [0.4, 0.5) is 18.9 Å². The van der Waals surface area contributed by atoms with Gasteiger partial charge in [0.25, 0.3) is 0 Å². The van der Waals surface area contributed by atoms with Crippen LogP contribution in [-0.4, -0.2) is 40.5 Å². The molecule has 1 heterocycles. The molecule has 0 aliphatic carbocycles. The van der Waals surface area contributed by atoms with Crippen molar-refractivity contribution in [1.82, 2.24) is 14.8 Å². The summed E-state index contributed by atoms with van der Waals surface area (Å²) < 4.78 is 51.2. The highest BCUT2D eigenvalue weighted by molar-refractivity contribution is 5.92. The summed E-state index contributed by atoms with van der Waals surface area (Å²) in [4.78, 5) is 16.4. The monoisotopic (exact) mass is 462 g/mol. The van der Waals surface area contributed by atoms with E-state index in [1.165, 1.54) is 16.8 Å². The van der Waals surface area contributed by atoms with Gasteiger partial charge >= 0.3 is 12.2 Å². The topological polar surface area (TPSA) is 78.3 Å². The van der Waals surface area contributed by atoms with Crippen LogP contribution in [0.5, 0.6) is 6.01 Å². The molecule has 0 saturated heterocycles. The molecule has 0 aliphatic rings. The lowest BCUT2D eigenvalue weighted by atomic mass is 10.1. The number of benzene rings is 2. The fourth-order valence-corrected chi connectivity index (χ4v) is 2.87. The van der Waals surface area contributed by atoms with Gasteiger partial charge in [0, 0.05) is 23.8 Å². The number of anilines is 1. The van der Waals surface area contributed by atoms with E-state index in [1.54, 1.807) is 38.1 Å². The van der Waals surface area contributed by atoms with Gasteiger partial charge in [-0.15, -0.1) is 5.10 Å². The van der Waals surface area contributed by atoms with Gasteiger partial charge in [0.15, 0.2) is 5.82 Å². The third-order valence-electron chi connectivity index (χ3n) is 4.60. The van der Waals surface area contributed by atoms with Gasteiger partial charge in [-0.2, -0.15) is 18.2 Å². The minimum atomic E-state index is -4.44. The molecule has 3 aromatic rings. The predicted octanol–water partition coefficient (Wildman–Crippen LogP) is 4.96. The Morgan fingerprint density at radius 1 is 1.12 bits per heavy atom. The van der Waals surface area contributed by atoms with Crippen molar-refractivity contribution in [1.29, 1.82) is 0 Å². The average molecular weight is 462 g/mol. The Hall–Kier alpha value is -3.40. The van der Waals surface area contributed by atoms with Crippen molar-refractivity contribution in [2.45, 2.75) is 26.9 Å². The molecule has 1 amide bonds. The first-order valence-electron chi connectivity index (χ1n) is 10.5. The summed E-state index contributed by atoms with van der Waals surface area (Å²) >= 11 is 0. The lowest BCUT2D eigenvalue weighted by Gasteiger charge is -2.11. The lowest BCUT2D eigenvalue weighted by molar-refractivity contribution is -0.137. The standard InChI is InChI=1S/C23H25F3N4O3/c1-4-32-12-13-33-22-28-20(16-8-10-17(11-9-16)23(24,25)26)30(29-22)19-7-5-6-18(14-19)27-21(31)15(2)3/h5-11,14-15H,4,12-13H2,1-3H3,(H,27,31). The molecule has 7 nitrogen and oxygen atoms in total. The van der Waals surface area contributed by atoms with Gasteiger partial charge in [0.1, 0.15) is 6.61 Å². The van der Waals surface area contributed by atoms with E-state index in [0.717, 1.165) is 12.1 Å². The average Bonchev–Trinajstić information content (AvgIpc) is 3.20. The lowest BCUT2D eigenvalue weighted by Crippen LogP contribution is -2.17. The van der Waals surface area contributed by atoms with Crippen LogP contribution in [0.3, 0.4) is 0 Å². The molecule has 0 radical (unpaired) electrons. The smallest absolute Gasteiger partial charge is 0.416 e. The van der Waals surface area contributed by atoms with Crippen molar-refractivity contribution in [2.24, 2.45) is 5.92 Å². The van der Waals surface area contributed by atoms with Gasteiger partial charge in [0.05, 0.1) is 17.9 Å². The molecule has 10 heteroatoms. The third-order valence-corrected chi connectivity index (χ3v) is 4.60. The molecule has 0 fully saturated rings. The number of carbonyl (C=O) groups excluding carboxylic acids is 1. The minimum Gasteiger partial charge on any atom is -0.460 e. The number of hydrogen-bond donors (Lipinski definition) is 1. The maximum absolute atomic E-state index is 13.0. The zero-order valence-electron chi connectivity index (χ0n) is 18.5. The minimum absolute atomic E-state index is 0.0567. The van der Waals surface area contributed by atoms with Crippen molar-refractivity contribution in [3.8, 4) is 23.1 Å². The van der Waals surface area contributed by atoms with E-state index in [9.17, 15) is 18.0 Å². The Bertz CT molecular complexity index is 1080. The van der Waals surface area contributed by atoms with E-state index in [1.807, 2.05) is 6.92 Å². The first-order valence-corrected chi connectivity index (χ1v) is 10.5. The molecule has 0 spiro atoms. The van der Waals surface area contributed by atoms with Crippen molar-refractivity contribution in [2.75, 3.05) is 25.1 Å². The van der Waals surface area contributed by atoms with E-state index in [-0.39, 0.29) is 24.4 Å². The van der Waals surface area contributed by atoms with Gasteiger partial charge in [0.2, 0.25) is 5.91 Å². The van der Waals surface area contributed by atoms with E-state index in [2.05, 4.69) is 15.4 Å². The number of hydrogen-bond acceptors (Lipinski definition) is 5. The molecule has 0 saturated carbocycles. The molecule has 0 bridgehead atoms. The van der Waals surface area contributed by atoms with Crippen molar-refractivity contribution in [3.05, 3.63) is 54.1 Å². The number of alkyl halides is 3. The number of amides is 1. The Morgan fingerprint density at radius 3 is 2.48 bits per heavy atom. The second-order valence-corrected chi connectivity index (χ2v) is 7.44. The first-order chi connectivity index (χ1) is 15.7. The third kappa shape index (κ3) is 6.32. The normalized spacial score (nSPS) is 11.6. The van der Waals surface area contributed by atoms with Gasteiger partial charge in [-0.05, 0) is 37.3 Å². The molecule has 3 rings (SSSR count). The number of ether oxygens (including phenoxy) is 2. The largest absolute Gasteiger partial charge is 0.460 e. The molecular formula is C23H25F3N4O3. The maximum Gasteiger partial charge on any atom is 0.416 e. The van der Waals surface area contributed by atoms with Crippen molar-refractivity contribution in [3.63, 3.8) is 0 Å². The Labute approximate surface area is 189 Å². The molecule has 0 unspecified atom stereocenters. The quantitative estimate of drug-likeness (QED) is 0.455. The highest BCUT2D eigenvalue weighted by Crippen LogP contribution is 2.31. The molecule has 2 aromatic carbocycles. The van der Waals surface area contributed by atoms with Crippen LogP contribution in [0.1, 0.15) is 26.3 Å². The summed E-state index contributed by atoms with van der Waals surface area (Å²) in [6.45, 7) is 6.53. The first kappa shape index (κ1) is 24.2. The summed E-state index contributed by atoms with van der Waals surface area (Å²) in [6.07, 6.45) is -4.44. The zero-order valence-corrected chi connectivity index (χ0v) is 18.5. The SMILES string of the molecule is CCOCCOc1nc(-c2ccc(C(F)(F)F)cc2)n(-c2cccc(NC(=O)C(C)C)c2)n1. The molecule has 0 atom stereocenters. The zero-order chi connectivity index (χ0) is 24.0. The fraction of sp³-hybridized carbons (Fsp3) is 0.348. The van der Waals surface area contributed by atoms with Crippen LogP contribution in [0.2, 0.25) is 0 Å². The van der Waals surface area contributed by atoms with Crippen LogP contribution in [-0.2, 0) is 15.7 Å². The Kier molecular flexibility index (Phi) is 7.70. The second kappa shape index (κ2) is 10.5. The molecule has 1 N–H and O–H groups in total. The molecule has 1 aromatic heterocycles. The van der Waals surface area contributed by atoms with E-state index >= 15 is 0 Å². The fourth-order valence-electron chi connectivity index (χ4n) is 2.87. The van der Waals surface area contributed by atoms with Crippen LogP contribution in [0, 0.1) is 5.92 Å². The summed E-state index contributed by atoms with van der Waals surface area (Å²) in [5.74, 6) is -0.0517. The number of halogens is 3. The molecule has 176 valence electrons. The number of rotatable bonds is 9. The highest BCUT2D eigenvalue weighted by atomic mass is 19.4. The number of carbonyl (C=O) groups is 1. The maximum atomic E-state index is 13.0. The van der Waals surface area contributed by atoms with Gasteiger partial charge < -0.3 is 14.8 Å². The van der Waals surface area contributed by atoms with E-state index in [0.29, 0.717) is 36.0 Å². The summed E-state index contributed by atoms with van der Waals surface area (Å²) in [7, 11) is 0. The van der Waals surface area contributed by atoms with Crippen LogP contribution in [0.15, 0.2) is 48.5 Å². The van der Waals surface area contributed by atoms with Crippen molar-refractivity contribution >= 4 is 11.6 Å². The summed E-state index contributed by atoms with van der Waals surface area (Å²) in [6, 6.07) is 11.6. The van der Waals surface area contributed by atoms with E-state index in [4.69, 9.17) is 9.47 Å². The molecule has 33 heavy (non-hydrogen) atoms. The Balaban J connectivity index is 1.97. The van der Waals surface area contributed by atoms with Gasteiger partial charge in [-0.3, -0.25) is 4.79 Å². The second-order valence-electron chi connectivity index (χ2n) is 7.44. The van der Waals surface area contributed by atoms with Crippen LogP contribution in [0.25, 0.3) is 17.1 Å². The number of aromatic nitrogens is 3. The number of nitrogens with zero attached hydrogens (tertiary/aromatic N) is 3. The highest BCUT2D eigenvalue weighted by Gasteiger charge is 2.30. The van der Waals surface area contributed by atoms with Crippen LogP contribution < -0.4 is 10.1 Å². The molecular weight excluding hydrogens is 437 g/mol. The Morgan fingerprint density at radius 2 is 1.85 bits per heavy atom. The molecule has 0 aliphatic heterocycles. The summed E-state index contributed by atoms with van der Waals surface area (Å²) in [5.41, 5.74) is 0.771. The van der Waals surface area contributed by atoms with E-state index < -0.39 is 11.7 Å². The number of nitrogens with one attached hydrogen (secondary N) is 1. The van der Waals surface area contributed by atoms with Crippen LogP contribution >= 0.6 is 0 Å². The van der Waals surface area contributed by atoms with Crippen molar-refractivity contribution < 1.29 is 27.4 Å². The van der Waals surface area contributed by atoms with Gasteiger partial charge in [-0.25, -0.2) is 4.68 Å².